The summed E-state index contributed by atoms with van der Waals surface area (Å²) in [7, 11) is 1.95. The zero-order chi connectivity index (χ0) is 17.1. The third-order valence-electron chi connectivity index (χ3n) is 3.27. The van der Waals surface area contributed by atoms with E-state index in [-0.39, 0.29) is 5.91 Å². The van der Waals surface area contributed by atoms with Gasteiger partial charge in [0.2, 0.25) is 0 Å². The average Bonchev–Trinajstić information content (AvgIpc) is 2.96. The lowest BCUT2D eigenvalue weighted by atomic mass is 10.2. The Balaban J connectivity index is 1.71. The number of nitrogens with zero attached hydrogens (tertiary/aromatic N) is 2. The Labute approximate surface area is 157 Å². The molecule has 7 heteroatoms. The fourth-order valence-corrected chi connectivity index (χ4v) is 3.43. The minimum atomic E-state index is -0.214. The molecule has 0 spiro atoms. The van der Waals surface area contributed by atoms with Crippen LogP contribution in [0.25, 0.3) is 0 Å². The molecule has 1 N–H and O–H groups in total. The van der Waals surface area contributed by atoms with Crippen molar-refractivity contribution in [3.8, 4) is 0 Å². The van der Waals surface area contributed by atoms with Crippen LogP contribution in [0.5, 0.6) is 0 Å². The van der Waals surface area contributed by atoms with E-state index in [4.69, 9.17) is 11.6 Å². The molecule has 0 atom stereocenters. The number of carbonyl (C=O) groups is 1. The first-order chi connectivity index (χ1) is 11.5. The second kappa shape index (κ2) is 7.42. The summed E-state index contributed by atoms with van der Waals surface area (Å²) in [5, 5.41) is 4.30. The summed E-state index contributed by atoms with van der Waals surface area (Å²) >= 11 is 10.9. The van der Waals surface area contributed by atoms with Gasteiger partial charge in [0.25, 0.3) is 5.91 Å². The van der Waals surface area contributed by atoms with Gasteiger partial charge in [-0.25, -0.2) is 4.98 Å². The highest BCUT2D eigenvalue weighted by molar-refractivity contribution is 9.10. The van der Waals surface area contributed by atoms with E-state index in [1.165, 1.54) is 0 Å². The quantitative estimate of drug-likeness (QED) is 0.625. The fourth-order valence-electron chi connectivity index (χ4n) is 2.03. The highest BCUT2D eigenvalue weighted by atomic mass is 79.9. The molecule has 0 saturated heterocycles. The molecule has 0 unspecified atom stereocenters. The molecule has 0 fully saturated rings. The van der Waals surface area contributed by atoms with E-state index >= 15 is 0 Å². The number of imidazole rings is 1. The largest absolute Gasteiger partial charge is 0.329 e. The van der Waals surface area contributed by atoms with Gasteiger partial charge < -0.3 is 9.88 Å². The zero-order valence-corrected chi connectivity index (χ0v) is 15.8. The lowest BCUT2D eigenvalue weighted by Crippen LogP contribution is -2.12. The monoisotopic (exact) mass is 421 g/mol. The molecule has 24 heavy (non-hydrogen) atoms. The number of hydrogen-bond acceptors (Lipinski definition) is 3. The van der Waals surface area contributed by atoms with E-state index < -0.39 is 0 Å². The average molecular weight is 423 g/mol. The van der Waals surface area contributed by atoms with Gasteiger partial charge in [-0.2, -0.15) is 0 Å². The van der Waals surface area contributed by atoms with E-state index in [0.29, 0.717) is 15.1 Å². The Morgan fingerprint density at radius 2 is 2.00 bits per heavy atom. The van der Waals surface area contributed by atoms with Crippen LogP contribution >= 0.6 is 39.3 Å². The van der Waals surface area contributed by atoms with E-state index in [1.54, 1.807) is 36.2 Å². The van der Waals surface area contributed by atoms with Gasteiger partial charge in [0.15, 0.2) is 5.16 Å². The second-order valence-electron chi connectivity index (χ2n) is 5.03. The van der Waals surface area contributed by atoms with Crippen LogP contribution in [0, 0.1) is 0 Å². The van der Waals surface area contributed by atoms with E-state index in [1.807, 2.05) is 42.1 Å². The lowest BCUT2D eigenvalue weighted by Gasteiger charge is -2.08. The fraction of sp³-hybridized carbons (Fsp3) is 0.0588. The SMILES string of the molecule is Cn1ccnc1Sc1ccc(NC(=O)c2cc(Cl)ccc2Br)cc1. The van der Waals surface area contributed by atoms with Crippen molar-refractivity contribution in [2.24, 2.45) is 7.05 Å². The standard InChI is InChI=1S/C17H13BrClN3OS/c1-22-9-8-20-17(22)24-13-5-3-12(4-6-13)21-16(23)14-10-11(19)2-7-15(14)18/h2-10H,1H3,(H,21,23). The Bertz CT molecular complexity index is 880. The van der Waals surface area contributed by atoms with Crippen LogP contribution in [-0.4, -0.2) is 15.5 Å². The molecule has 0 aliphatic carbocycles. The Morgan fingerprint density at radius 1 is 1.25 bits per heavy atom. The molecule has 1 aromatic heterocycles. The molecule has 3 aromatic rings. The van der Waals surface area contributed by atoms with E-state index in [2.05, 4.69) is 26.2 Å². The van der Waals surface area contributed by atoms with Crippen LogP contribution < -0.4 is 5.32 Å². The number of nitrogens with one attached hydrogen (secondary N) is 1. The highest BCUT2D eigenvalue weighted by Gasteiger charge is 2.11. The van der Waals surface area contributed by atoms with Gasteiger partial charge >= 0.3 is 0 Å². The Kier molecular flexibility index (Phi) is 5.28. The number of amides is 1. The molecular formula is C17H13BrClN3OS. The van der Waals surface area contributed by atoms with Gasteiger partial charge in [-0.1, -0.05) is 23.4 Å². The number of carbonyl (C=O) groups excluding carboxylic acids is 1. The molecular weight excluding hydrogens is 410 g/mol. The number of anilines is 1. The third-order valence-corrected chi connectivity index (χ3v) is 5.28. The summed E-state index contributed by atoms with van der Waals surface area (Å²) in [6.45, 7) is 0. The van der Waals surface area contributed by atoms with Crippen LogP contribution in [-0.2, 0) is 7.05 Å². The van der Waals surface area contributed by atoms with Crippen molar-refractivity contribution in [2.75, 3.05) is 5.32 Å². The maximum absolute atomic E-state index is 12.4. The van der Waals surface area contributed by atoms with E-state index in [0.717, 1.165) is 15.7 Å². The van der Waals surface area contributed by atoms with Crippen LogP contribution in [0.3, 0.4) is 0 Å². The minimum Gasteiger partial charge on any atom is -0.329 e. The number of aromatic nitrogens is 2. The van der Waals surface area contributed by atoms with Gasteiger partial charge in [0.05, 0.1) is 5.56 Å². The highest BCUT2D eigenvalue weighted by Crippen LogP contribution is 2.27. The van der Waals surface area contributed by atoms with Gasteiger partial charge in [0.1, 0.15) is 0 Å². The smallest absolute Gasteiger partial charge is 0.256 e. The first kappa shape index (κ1) is 17.1. The normalized spacial score (nSPS) is 10.6. The first-order valence-electron chi connectivity index (χ1n) is 7.04. The van der Waals surface area contributed by atoms with Gasteiger partial charge in [0, 0.05) is 39.5 Å². The summed E-state index contributed by atoms with van der Waals surface area (Å²) in [4.78, 5) is 17.7. The number of benzene rings is 2. The summed E-state index contributed by atoms with van der Waals surface area (Å²) < 4.78 is 2.66. The van der Waals surface area contributed by atoms with Crippen molar-refractivity contribution in [2.45, 2.75) is 10.1 Å². The van der Waals surface area contributed by atoms with Crippen LogP contribution in [0.2, 0.25) is 5.02 Å². The Morgan fingerprint density at radius 3 is 2.67 bits per heavy atom. The lowest BCUT2D eigenvalue weighted by molar-refractivity contribution is 0.102. The molecule has 0 saturated carbocycles. The van der Waals surface area contributed by atoms with Crippen molar-refractivity contribution in [3.63, 3.8) is 0 Å². The summed E-state index contributed by atoms with van der Waals surface area (Å²) in [5.74, 6) is -0.214. The number of aryl methyl sites for hydroxylation is 1. The first-order valence-corrected chi connectivity index (χ1v) is 9.03. The second-order valence-corrected chi connectivity index (χ2v) is 7.36. The molecule has 2 aromatic carbocycles. The summed E-state index contributed by atoms with van der Waals surface area (Å²) in [6, 6.07) is 12.7. The van der Waals surface area contributed by atoms with Crippen molar-refractivity contribution in [3.05, 3.63) is 69.9 Å². The van der Waals surface area contributed by atoms with Gasteiger partial charge in [-0.15, -0.1) is 0 Å². The van der Waals surface area contributed by atoms with Crippen molar-refractivity contribution in [1.82, 2.24) is 9.55 Å². The molecule has 122 valence electrons. The molecule has 0 radical (unpaired) electrons. The molecule has 1 amide bonds. The predicted octanol–water partition coefficient (Wildman–Crippen LogP) is 5.24. The minimum absolute atomic E-state index is 0.214. The third kappa shape index (κ3) is 4.01. The molecule has 3 rings (SSSR count). The maximum atomic E-state index is 12.4. The zero-order valence-electron chi connectivity index (χ0n) is 12.7. The summed E-state index contributed by atoms with van der Waals surface area (Å²) in [6.07, 6.45) is 3.67. The van der Waals surface area contributed by atoms with Crippen LogP contribution in [0.1, 0.15) is 10.4 Å². The van der Waals surface area contributed by atoms with Crippen molar-refractivity contribution in [1.29, 1.82) is 0 Å². The number of halogens is 2. The molecule has 0 aliphatic heterocycles. The molecule has 0 aliphatic rings. The van der Waals surface area contributed by atoms with Crippen molar-refractivity contribution >= 4 is 50.9 Å². The van der Waals surface area contributed by atoms with Gasteiger partial charge in [-0.05, 0) is 58.4 Å². The molecule has 4 nitrogen and oxygen atoms in total. The molecule has 0 bridgehead atoms. The van der Waals surface area contributed by atoms with Crippen LogP contribution in [0.4, 0.5) is 5.69 Å². The van der Waals surface area contributed by atoms with Crippen molar-refractivity contribution < 1.29 is 4.79 Å². The Hall–Kier alpha value is -1.76. The topological polar surface area (TPSA) is 46.9 Å². The van der Waals surface area contributed by atoms with E-state index in [9.17, 15) is 4.79 Å². The predicted molar refractivity (Wildman–Crippen MR) is 101 cm³/mol. The number of rotatable bonds is 4. The van der Waals surface area contributed by atoms with Crippen LogP contribution in [0.15, 0.2) is 69.4 Å². The number of hydrogen-bond donors (Lipinski definition) is 1. The van der Waals surface area contributed by atoms with Gasteiger partial charge in [-0.3, -0.25) is 4.79 Å². The summed E-state index contributed by atoms with van der Waals surface area (Å²) in [5.41, 5.74) is 1.21. The maximum Gasteiger partial charge on any atom is 0.256 e. The molecule has 1 heterocycles.